The minimum Gasteiger partial charge on any atom is -0.504 e. The van der Waals surface area contributed by atoms with Gasteiger partial charge in [0.1, 0.15) is 0 Å². The van der Waals surface area contributed by atoms with Gasteiger partial charge in [-0.05, 0) is 40.8 Å². The second-order valence-corrected chi connectivity index (χ2v) is 9.00. The first-order valence-corrected chi connectivity index (χ1v) is 10.7. The van der Waals surface area contributed by atoms with E-state index in [2.05, 4.69) is 21.2 Å². The van der Waals surface area contributed by atoms with Crippen molar-refractivity contribution < 1.29 is 29.0 Å². The number of hydrogen-bond donors (Lipinski definition) is 2. The third kappa shape index (κ3) is 2.77. The first-order chi connectivity index (χ1) is 14.8. The minimum atomic E-state index is -0.707. The van der Waals surface area contributed by atoms with Crippen LogP contribution in [0.25, 0.3) is 0 Å². The van der Waals surface area contributed by atoms with Crippen molar-refractivity contribution >= 4 is 39.3 Å². The fourth-order valence-corrected chi connectivity index (χ4v) is 5.86. The van der Waals surface area contributed by atoms with E-state index in [1.807, 2.05) is 6.08 Å². The third-order valence-electron chi connectivity index (χ3n) is 6.74. The molecule has 1 saturated heterocycles. The zero-order valence-corrected chi connectivity index (χ0v) is 18.1. The van der Waals surface area contributed by atoms with Gasteiger partial charge in [0.05, 0.1) is 23.4 Å². The Morgan fingerprint density at radius 1 is 1.13 bits per heavy atom. The van der Waals surface area contributed by atoms with Crippen molar-refractivity contribution in [1.29, 1.82) is 0 Å². The number of hydrogen-bond acceptors (Lipinski definition) is 6. The SMILES string of the molecule is COc1cccc([C@H]2C3=CC[C@@H]4C(=O)NC(=O)[C@@H]4[C@@H]3CC3=C2C(=O)C=C(Br)C3=O)c1O. The topological polar surface area (TPSA) is 110 Å². The molecule has 4 aliphatic rings. The van der Waals surface area contributed by atoms with Gasteiger partial charge in [-0.25, -0.2) is 0 Å². The van der Waals surface area contributed by atoms with Crippen LogP contribution in [0.3, 0.4) is 0 Å². The lowest BCUT2D eigenvalue weighted by atomic mass is 9.59. The Kier molecular flexibility index (Phi) is 4.51. The maximum atomic E-state index is 13.1. The van der Waals surface area contributed by atoms with Gasteiger partial charge in [-0.3, -0.25) is 24.5 Å². The number of carbonyl (C=O) groups is 4. The number of phenols is 1. The molecule has 5 rings (SSSR count). The van der Waals surface area contributed by atoms with Crippen molar-refractivity contribution in [3.63, 3.8) is 0 Å². The van der Waals surface area contributed by atoms with Crippen molar-refractivity contribution in [3.05, 3.63) is 57.1 Å². The van der Waals surface area contributed by atoms with E-state index in [0.717, 1.165) is 5.57 Å². The Morgan fingerprint density at radius 3 is 2.65 bits per heavy atom. The number of aromatic hydroxyl groups is 1. The molecule has 158 valence electrons. The molecule has 0 spiro atoms. The Balaban J connectivity index is 1.75. The molecule has 0 radical (unpaired) electrons. The zero-order valence-electron chi connectivity index (χ0n) is 16.5. The Hall–Kier alpha value is -3.00. The molecule has 1 aromatic rings. The van der Waals surface area contributed by atoms with E-state index < -0.39 is 23.7 Å². The number of imide groups is 1. The van der Waals surface area contributed by atoms with Crippen LogP contribution in [0, 0.1) is 17.8 Å². The molecule has 1 aliphatic heterocycles. The van der Waals surface area contributed by atoms with Crippen molar-refractivity contribution in [2.75, 3.05) is 7.11 Å². The molecule has 0 bridgehead atoms. The molecule has 0 unspecified atom stereocenters. The van der Waals surface area contributed by atoms with Gasteiger partial charge in [0.2, 0.25) is 11.8 Å². The lowest BCUT2D eigenvalue weighted by Crippen LogP contribution is -2.39. The molecule has 2 amide bonds. The van der Waals surface area contributed by atoms with Crippen LogP contribution >= 0.6 is 15.9 Å². The maximum absolute atomic E-state index is 13.1. The van der Waals surface area contributed by atoms with Gasteiger partial charge >= 0.3 is 0 Å². The Labute approximate surface area is 186 Å². The van der Waals surface area contributed by atoms with Crippen LogP contribution in [0.2, 0.25) is 0 Å². The summed E-state index contributed by atoms with van der Waals surface area (Å²) in [6, 6.07) is 5.00. The van der Waals surface area contributed by atoms with E-state index >= 15 is 0 Å². The van der Waals surface area contributed by atoms with Crippen LogP contribution < -0.4 is 10.1 Å². The highest BCUT2D eigenvalue weighted by molar-refractivity contribution is 9.12. The summed E-state index contributed by atoms with van der Waals surface area (Å²) >= 11 is 3.17. The smallest absolute Gasteiger partial charge is 0.231 e. The van der Waals surface area contributed by atoms with Crippen molar-refractivity contribution in [2.45, 2.75) is 18.8 Å². The predicted octanol–water partition coefficient (Wildman–Crippen LogP) is 2.45. The third-order valence-corrected chi connectivity index (χ3v) is 7.32. The van der Waals surface area contributed by atoms with Crippen molar-refractivity contribution in [1.82, 2.24) is 5.32 Å². The number of phenolic OH excluding ortho intramolecular Hbond substituents is 1. The average Bonchev–Trinajstić information content (AvgIpc) is 3.04. The van der Waals surface area contributed by atoms with Crippen molar-refractivity contribution in [2.24, 2.45) is 17.8 Å². The molecule has 1 fully saturated rings. The van der Waals surface area contributed by atoms with Gasteiger partial charge in [0, 0.05) is 28.7 Å². The quantitative estimate of drug-likeness (QED) is 0.379. The molecule has 31 heavy (non-hydrogen) atoms. The van der Waals surface area contributed by atoms with Crippen LogP contribution in [0.4, 0.5) is 0 Å². The van der Waals surface area contributed by atoms with Crippen molar-refractivity contribution in [3.8, 4) is 11.5 Å². The number of benzene rings is 1. The molecule has 3 aliphatic carbocycles. The van der Waals surface area contributed by atoms with E-state index in [0.29, 0.717) is 23.1 Å². The number of para-hydroxylation sites is 1. The number of halogens is 1. The number of rotatable bonds is 2. The molecule has 1 heterocycles. The average molecular weight is 484 g/mol. The van der Waals surface area contributed by atoms with Crippen LogP contribution in [-0.4, -0.2) is 35.6 Å². The first kappa shape index (κ1) is 19.9. The van der Waals surface area contributed by atoms with Crippen LogP contribution in [0.1, 0.15) is 24.3 Å². The molecule has 1 aromatic carbocycles. The van der Waals surface area contributed by atoms with Gasteiger partial charge < -0.3 is 9.84 Å². The van der Waals surface area contributed by atoms with E-state index in [4.69, 9.17) is 4.74 Å². The maximum Gasteiger partial charge on any atom is 0.231 e. The summed E-state index contributed by atoms with van der Waals surface area (Å²) in [5.74, 6) is -3.39. The predicted molar refractivity (Wildman–Crippen MR) is 112 cm³/mol. The normalized spacial score (nSPS) is 29.6. The summed E-state index contributed by atoms with van der Waals surface area (Å²) in [5.41, 5.74) is 1.84. The number of allylic oxidation sites excluding steroid dienone is 6. The summed E-state index contributed by atoms with van der Waals surface area (Å²) in [7, 11) is 1.43. The van der Waals surface area contributed by atoms with Gasteiger partial charge in [0.15, 0.2) is 23.1 Å². The summed E-state index contributed by atoms with van der Waals surface area (Å²) < 4.78 is 5.41. The number of Topliss-reactive ketones (excluding diaryl/α,β-unsaturated/α-hetero) is 1. The van der Waals surface area contributed by atoms with Gasteiger partial charge in [-0.1, -0.05) is 23.8 Å². The highest BCUT2D eigenvalue weighted by Crippen LogP contribution is 2.56. The minimum absolute atomic E-state index is 0.119. The highest BCUT2D eigenvalue weighted by Gasteiger charge is 2.53. The number of nitrogens with one attached hydrogen (secondary N) is 1. The van der Waals surface area contributed by atoms with Crippen LogP contribution in [0.15, 0.2) is 51.6 Å². The molecule has 4 atom stereocenters. The summed E-state index contributed by atoms with van der Waals surface area (Å²) in [6.07, 6.45) is 3.70. The van der Waals surface area contributed by atoms with E-state index in [1.54, 1.807) is 18.2 Å². The number of methoxy groups -OCH3 is 1. The van der Waals surface area contributed by atoms with E-state index in [-0.39, 0.29) is 45.8 Å². The molecule has 0 saturated carbocycles. The molecule has 8 heteroatoms. The number of fused-ring (bicyclic) bond motifs is 3. The van der Waals surface area contributed by atoms with Crippen LogP contribution in [0.5, 0.6) is 11.5 Å². The molecular weight excluding hydrogens is 466 g/mol. The summed E-state index contributed by atoms with van der Waals surface area (Å²) in [4.78, 5) is 51.0. The Morgan fingerprint density at radius 2 is 1.90 bits per heavy atom. The number of carbonyl (C=O) groups excluding carboxylic acids is 4. The highest BCUT2D eigenvalue weighted by atomic mass is 79.9. The first-order valence-electron chi connectivity index (χ1n) is 9.93. The molecular formula is C23H18BrNO6. The number of ketones is 2. The standard InChI is InChI=1S/C23H18BrNO6/c1-31-16-4-2-3-10(21(16)28)17-9-5-6-11-18(23(30)25-22(11)29)12(9)7-13-19(17)15(26)8-14(24)20(13)27/h2-5,8,11-12,17-18,28H,6-7H2,1H3,(H,25,29,30)/t11-,12+,17+,18-/m0/s1. The molecule has 0 aromatic heterocycles. The second kappa shape index (κ2) is 7.02. The Bertz CT molecular complexity index is 1180. The molecule has 7 nitrogen and oxygen atoms in total. The number of ether oxygens (including phenoxy) is 1. The fourth-order valence-electron chi connectivity index (χ4n) is 5.41. The second-order valence-electron chi connectivity index (χ2n) is 8.15. The van der Waals surface area contributed by atoms with Gasteiger partial charge in [-0.15, -0.1) is 0 Å². The lowest BCUT2D eigenvalue weighted by Gasteiger charge is -2.42. The van der Waals surface area contributed by atoms with Gasteiger partial charge in [-0.2, -0.15) is 0 Å². The van der Waals surface area contributed by atoms with E-state index in [1.165, 1.54) is 13.2 Å². The lowest BCUT2D eigenvalue weighted by molar-refractivity contribution is -0.126. The molecule has 2 N–H and O–H groups in total. The number of amides is 2. The van der Waals surface area contributed by atoms with Gasteiger partial charge in [0.25, 0.3) is 0 Å². The summed E-state index contributed by atoms with van der Waals surface area (Å²) in [6.45, 7) is 0. The monoisotopic (exact) mass is 483 g/mol. The zero-order chi connectivity index (χ0) is 22.0. The largest absolute Gasteiger partial charge is 0.504 e. The van der Waals surface area contributed by atoms with E-state index in [9.17, 15) is 24.3 Å². The fraction of sp³-hybridized carbons (Fsp3) is 0.304. The van der Waals surface area contributed by atoms with Crippen LogP contribution in [-0.2, 0) is 19.2 Å². The summed E-state index contributed by atoms with van der Waals surface area (Å²) in [5, 5.41) is 13.3.